The molecule has 0 unspecified atom stereocenters. The van der Waals surface area contributed by atoms with Crippen LogP contribution in [0.25, 0.3) is 0 Å². The summed E-state index contributed by atoms with van der Waals surface area (Å²) >= 11 is 4.79. The molecule has 0 aromatic carbocycles. The van der Waals surface area contributed by atoms with Gasteiger partial charge in [0.05, 0.1) is 6.61 Å². The molecule has 0 bridgehead atoms. The lowest BCUT2D eigenvalue weighted by Gasteiger charge is -2.10. The Bertz CT molecular complexity index is 415. The number of rotatable bonds is 3. The van der Waals surface area contributed by atoms with Gasteiger partial charge in [0.15, 0.2) is 0 Å². The van der Waals surface area contributed by atoms with Crippen LogP contribution in [-0.4, -0.2) is 17.6 Å². The normalized spacial score (nSPS) is 10.6. The average Bonchev–Trinajstić information content (AvgIpc) is 2.16. The van der Waals surface area contributed by atoms with E-state index in [-0.39, 0.29) is 22.3 Å². The number of ether oxygens (including phenoxy) is 1. The largest absolute Gasteiger partial charge is 0.462 e. The van der Waals surface area contributed by atoms with Gasteiger partial charge in [-0.3, -0.25) is 0 Å². The minimum atomic E-state index is -2.74. The summed E-state index contributed by atoms with van der Waals surface area (Å²) < 4.78 is 30.6. The maximum atomic E-state index is 12.7. The zero-order valence-electron chi connectivity index (χ0n) is 8.14. The minimum Gasteiger partial charge on any atom is -0.462 e. The van der Waals surface area contributed by atoms with Crippen LogP contribution in [0.3, 0.4) is 0 Å². The first kappa shape index (κ1) is 13.8. The first-order valence-electron chi connectivity index (χ1n) is 4.28. The number of aromatic nitrogens is 1. The van der Waals surface area contributed by atoms with E-state index in [9.17, 15) is 13.6 Å². The molecule has 0 N–H and O–H groups in total. The highest BCUT2D eigenvalue weighted by molar-refractivity contribution is 14.1. The molecule has 0 saturated carbocycles. The number of pyridine rings is 1. The summed E-state index contributed by atoms with van der Waals surface area (Å²) in [6.07, 6.45) is -2.74. The van der Waals surface area contributed by atoms with Gasteiger partial charge in [0.2, 0.25) is 0 Å². The Morgan fingerprint density at radius 3 is 2.81 bits per heavy atom. The van der Waals surface area contributed by atoms with Crippen molar-refractivity contribution in [3.05, 3.63) is 25.5 Å². The highest BCUT2D eigenvalue weighted by Crippen LogP contribution is 2.29. The molecule has 1 rings (SSSR count). The van der Waals surface area contributed by atoms with Crippen molar-refractivity contribution in [3.8, 4) is 0 Å². The summed E-state index contributed by atoms with van der Waals surface area (Å²) in [4.78, 5) is 15.4. The molecule has 1 aromatic heterocycles. The van der Waals surface area contributed by atoms with Crippen molar-refractivity contribution in [2.24, 2.45) is 0 Å². The van der Waals surface area contributed by atoms with Crippen molar-refractivity contribution in [1.29, 1.82) is 0 Å². The van der Waals surface area contributed by atoms with Gasteiger partial charge in [-0.2, -0.15) is 0 Å². The second-order valence-electron chi connectivity index (χ2n) is 2.72. The maximum absolute atomic E-state index is 12.7. The molecule has 0 aliphatic rings. The van der Waals surface area contributed by atoms with E-state index >= 15 is 0 Å². The fraction of sp³-hybridized carbons (Fsp3) is 0.333. The fourth-order valence-corrected chi connectivity index (χ4v) is 2.57. The van der Waals surface area contributed by atoms with E-state index < -0.39 is 12.4 Å². The Kier molecular flexibility index (Phi) is 5.03. The molecule has 1 aromatic rings. The van der Waals surface area contributed by atoms with Gasteiger partial charge in [0.1, 0.15) is 13.9 Å². The van der Waals surface area contributed by atoms with Crippen molar-refractivity contribution >= 4 is 44.5 Å². The Morgan fingerprint density at radius 1 is 1.69 bits per heavy atom. The zero-order chi connectivity index (χ0) is 12.3. The van der Waals surface area contributed by atoms with Crippen molar-refractivity contribution in [1.82, 2.24) is 4.98 Å². The number of hydrogen-bond acceptors (Lipinski definition) is 3. The van der Waals surface area contributed by atoms with Gasteiger partial charge in [-0.15, -0.1) is 0 Å². The van der Waals surface area contributed by atoms with Crippen LogP contribution in [-0.2, 0) is 4.74 Å². The third-order valence-electron chi connectivity index (χ3n) is 1.69. The van der Waals surface area contributed by atoms with Crippen LogP contribution in [0.4, 0.5) is 8.78 Å². The minimum absolute atomic E-state index is 0.0770. The first-order valence-corrected chi connectivity index (χ1v) is 6.15. The van der Waals surface area contributed by atoms with Crippen LogP contribution in [0.2, 0.25) is 0 Å². The number of carbonyl (C=O) groups is 1. The molecule has 7 heteroatoms. The average molecular weight is 406 g/mol. The lowest BCUT2D eigenvalue weighted by molar-refractivity contribution is 0.0513. The summed E-state index contributed by atoms with van der Waals surface area (Å²) in [7, 11) is 0. The standard InChI is InChI=1S/C9H7BrF2INO2/c1-2-16-9(15)6-4(8(11)12)3-5(13)14-7(6)10/h3,8H,2H2,1H3. The number of hydrogen-bond donors (Lipinski definition) is 0. The lowest BCUT2D eigenvalue weighted by atomic mass is 10.1. The number of nitrogens with zero attached hydrogens (tertiary/aromatic N) is 1. The van der Waals surface area contributed by atoms with E-state index in [2.05, 4.69) is 20.9 Å². The molecule has 0 radical (unpaired) electrons. The highest BCUT2D eigenvalue weighted by Gasteiger charge is 2.24. The maximum Gasteiger partial charge on any atom is 0.341 e. The second-order valence-corrected chi connectivity index (χ2v) is 4.58. The Morgan fingerprint density at radius 2 is 2.31 bits per heavy atom. The van der Waals surface area contributed by atoms with Crippen LogP contribution in [0, 0.1) is 3.70 Å². The Hall–Kier alpha value is -0.310. The summed E-state index contributed by atoms with van der Waals surface area (Å²) in [6, 6.07) is 1.17. The molecule has 1 heterocycles. The van der Waals surface area contributed by atoms with Crippen LogP contribution >= 0.6 is 38.5 Å². The number of esters is 1. The molecule has 0 aliphatic carbocycles. The van der Waals surface area contributed by atoms with Crippen molar-refractivity contribution < 1.29 is 18.3 Å². The molecule has 0 spiro atoms. The van der Waals surface area contributed by atoms with Gasteiger partial charge in [-0.1, -0.05) is 0 Å². The van der Waals surface area contributed by atoms with E-state index in [1.807, 2.05) is 0 Å². The quantitative estimate of drug-likeness (QED) is 0.438. The summed E-state index contributed by atoms with van der Waals surface area (Å²) in [5.41, 5.74) is -0.581. The van der Waals surface area contributed by atoms with E-state index in [4.69, 9.17) is 4.74 Å². The lowest BCUT2D eigenvalue weighted by Crippen LogP contribution is -2.11. The highest BCUT2D eigenvalue weighted by atomic mass is 127. The summed E-state index contributed by atoms with van der Waals surface area (Å²) in [5.74, 6) is -0.798. The number of carbonyl (C=O) groups excluding carboxylic acids is 1. The van der Waals surface area contributed by atoms with Gasteiger partial charge in [-0.05, 0) is 51.5 Å². The van der Waals surface area contributed by atoms with Crippen LogP contribution in [0.1, 0.15) is 29.3 Å². The summed E-state index contributed by atoms with van der Waals surface area (Å²) in [5, 5.41) is 0. The Balaban J connectivity index is 3.29. The molecule has 0 aliphatic heterocycles. The zero-order valence-corrected chi connectivity index (χ0v) is 11.9. The van der Waals surface area contributed by atoms with Gasteiger partial charge in [-0.25, -0.2) is 18.6 Å². The van der Waals surface area contributed by atoms with E-state index in [0.29, 0.717) is 3.70 Å². The molecule has 16 heavy (non-hydrogen) atoms. The SMILES string of the molecule is CCOC(=O)c1c(C(F)F)cc(I)nc1Br. The first-order chi connectivity index (χ1) is 7.47. The van der Waals surface area contributed by atoms with Gasteiger partial charge in [0.25, 0.3) is 6.43 Å². The van der Waals surface area contributed by atoms with E-state index in [0.717, 1.165) is 0 Å². The van der Waals surface area contributed by atoms with Crippen LogP contribution < -0.4 is 0 Å². The molecule has 0 saturated heterocycles. The van der Waals surface area contributed by atoms with Crippen molar-refractivity contribution in [2.75, 3.05) is 6.61 Å². The molecule has 88 valence electrons. The number of halogens is 4. The molecule has 0 fully saturated rings. The monoisotopic (exact) mass is 405 g/mol. The fourth-order valence-electron chi connectivity index (χ4n) is 1.08. The second kappa shape index (κ2) is 5.85. The predicted octanol–water partition coefficient (Wildman–Crippen LogP) is 3.56. The smallest absolute Gasteiger partial charge is 0.341 e. The molecule has 3 nitrogen and oxygen atoms in total. The molecule has 0 atom stereocenters. The van der Waals surface area contributed by atoms with Crippen molar-refractivity contribution in [2.45, 2.75) is 13.3 Å². The van der Waals surface area contributed by atoms with Crippen molar-refractivity contribution in [3.63, 3.8) is 0 Å². The number of alkyl halides is 2. The predicted molar refractivity (Wildman–Crippen MR) is 65.6 cm³/mol. The topological polar surface area (TPSA) is 39.2 Å². The third-order valence-corrected chi connectivity index (χ3v) is 2.82. The third kappa shape index (κ3) is 3.09. The van der Waals surface area contributed by atoms with E-state index in [1.165, 1.54) is 6.07 Å². The van der Waals surface area contributed by atoms with Gasteiger partial charge in [0, 0.05) is 5.56 Å². The van der Waals surface area contributed by atoms with Crippen LogP contribution in [0.5, 0.6) is 0 Å². The Labute approximate surface area is 113 Å². The summed E-state index contributed by atoms with van der Waals surface area (Å²) in [6.45, 7) is 1.73. The molecular weight excluding hydrogens is 399 g/mol. The molecule has 0 amide bonds. The van der Waals surface area contributed by atoms with Gasteiger partial charge < -0.3 is 4.74 Å². The van der Waals surface area contributed by atoms with Crippen LogP contribution in [0.15, 0.2) is 10.7 Å². The van der Waals surface area contributed by atoms with E-state index in [1.54, 1.807) is 29.5 Å². The molecular formula is C9H7BrF2INO2. The van der Waals surface area contributed by atoms with Gasteiger partial charge >= 0.3 is 5.97 Å².